The summed E-state index contributed by atoms with van der Waals surface area (Å²) in [6, 6.07) is 25.9. The van der Waals surface area contributed by atoms with Crippen LogP contribution < -0.4 is 10.6 Å². The molecule has 3 aromatic rings. The zero-order chi connectivity index (χ0) is 19.8. The van der Waals surface area contributed by atoms with Gasteiger partial charge in [0.25, 0.3) is 11.8 Å². The molecule has 0 aromatic heterocycles. The fraction of sp³-hybridized carbons (Fsp3) is 0.0435. The van der Waals surface area contributed by atoms with Gasteiger partial charge >= 0.3 is 0 Å². The normalized spacial score (nSPS) is 11.0. The van der Waals surface area contributed by atoms with Crippen molar-refractivity contribution in [2.75, 3.05) is 0 Å². The second-order valence-corrected chi connectivity index (χ2v) is 6.92. The lowest BCUT2D eigenvalue weighted by Gasteiger charge is -2.12. The van der Waals surface area contributed by atoms with Gasteiger partial charge in [0.15, 0.2) is 0 Å². The maximum absolute atomic E-state index is 12.8. The molecule has 2 N–H and O–H groups in total. The summed E-state index contributed by atoms with van der Waals surface area (Å²) >= 11 is 3.47. The van der Waals surface area contributed by atoms with E-state index in [9.17, 15) is 9.59 Å². The quantitative estimate of drug-likeness (QED) is 0.559. The van der Waals surface area contributed by atoms with Crippen LogP contribution in [0.4, 0.5) is 0 Å². The smallest absolute Gasteiger partial charge is 0.268 e. The fourth-order valence-electron chi connectivity index (χ4n) is 2.57. The molecule has 0 bridgehead atoms. The van der Waals surface area contributed by atoms with Crippen LogP contribution in [0.3, 0.4) is 0 Å². The molecule has 0 spiro atoms. The van der Waals surface area contributed by atoms with Gasteiger partial charge in [0, 0.05) is 16.6 Å². The highest BCUT2D eigenvalue weighted by molar-refractivity contribution is 9.10. The molecular formula is C23H19BrN2O2. The van der Waals surface area contributed by atoms with Crippen molar-refractivity contribution in [3.05, 3.63) is 112 Å². The average Bonchev–Trinajstić information content (AvgIpc) is 2.74. The number of hydrogen-bond acceptors (Lipinski definition) is 2. The van der Waals surface area contributed by atoms with E-state index in [1.807, 2.05) is 60.7 Å². The molecule has 0 unspecified atom stereocenters. The topological polar surface area (TPSA) is 58.2 Å². The first-order valence-electron chi connectivity index (χ1n) is 8.78. The van der Waals surface area contributed by atoms with Gasteiger partial charge in [-0.05, 0) is 35.4 Å². The molecule has 0 aliphatic heterocycles. The Morgan fingerprint density at radius 3 is 2.11 bits per heavy atom. The lowest BCUT2D eigenvalue weighted by atomic mass is 10.1. The van der Waals surface area contributed by atoms with Crippen LogP contribution in [0.1, 0.15) is 21.5 Å². The molecule has 3 aromatic carbocycles. The molecule has 0 aliphatic rings. The Morgan fingerprint density at radius 1 is 0.821 bits per heavy atom. The van der Waals surface area contributed by atoms with Gasteiger partial charge in [0.05, 0.1) is 0 Å². The molecule has 28 heavy (non-hydrogen) atoms. The maximum atomic E-state index is 12.8. The third-order valence-corrected chi connectivity index (χ3v) is 4.81. The molecule has 5 heteroatoms. The molecule has 3 rings (SSSR count). The van der Waals surface area contributed by atoms with Crippen LogP contribution in [-0.4, -0.2) is 11.8 Å². The Kier molecular flexibility index (Phi) is 6.76. The second-order valence-electron chi connectivity index (χ2n) is 6.06. The van der Waals surface area contributed by atoms with Crippen molar-refractivity contribution in [2.45, 2.75) is 6.54 Å². The zero-order valence-electron chi connectivity index (χ0n) is 15.1. The highest BCUT2D eigenvalue weighted by Gasteiger charge is 2.14. The molecule has 0 aliphatic carbocycles. The number of halogens is 1. The summed E-state index contributed by atoms with van der Waals surface area (Å²) in [4.78, 5) is 25.3. The predicted octanol–water partition coefficient (Wildman–Crippen LogP) is 4.54. The minimum atomic E-state index is -0.358. The van der Waals surface area contributed by atoms with Crippen molar-refractivity contribution in [3.8, 4) is 0 Å². The van der Waals surface area contributed by atoms with Crippen molar-refractivity contribution in [2.24, 2.45) is 0 Å². The molecule has 0 fully saturated rings. The number of amides is 2. The van der Waals surface area contributed by atoms with E-state index in [1.54, 1.807) is 30.3 Å². The number of hydrogen-bond donors (Lipinski definition) is 2. The van der Waals surface area contributed by atoms with Gasteiger partial charge in [-0.25, -0.2) is 0 Å². The molecule has 0 saturated heterocycles. The van der Waals surface area contributed by atoms with E-state index in [-0.39, 0.29) is 17.5 Å². The van der Waals surface area contributed by atoms with Crippen LogP contribution >= 0.6 is 15.9 Å². The van der Waals surface area contributed by atoms with Gasteiger partial charge in [0.2, 0.25) is 0 Å². The Bertz CT molecular complexity index is 986. The lowest BCUT2D eigenvalue weighted by molar-refractivity contribution is -0.117. The largest absolute Gasteiger partial charge is 0.347 e. The minimum absolute atomic E-state index is 0.187. The molecule has 0 heterocycles. The van der Waals surface area contributed by atoms with Crippen molar-refractivity contribution in [3.63, 3.8) is 0 Å². The molecule has 0 saturated carbocycles. The van der Waals surface area contributed by atoms with E-state index in [1.165, 1.54) is 0 Å². The van der Waals surface area contributed by atoms with Gasteiger partial charge in [-0.1, -0.05) is 82.7 Å². The monoisotopic (exact) mass is 434 g/mol. The third-order valence-electron chi connectivity index (χ3n) is 4.04. The number of benzene rings is 3. The highest BCUT2D eigenvalue weighted by Crippen LogP contribution is 2.15. The van der Waals surface area contributed by atoms with Gasteiger partial charge in [-0.2, -0.15) is 0 Å². The van der Waals surface area contributed by atoms with Gasteiger partial charge in [0.1, 0.15) is 5.70 Å². The van der Waals surface area contributed by atoms with Gasteiger partial charge in [-0.15, -0.1) is 0 Å². The molecular weight excluding hydrogens is 416 g/mol. The van der Waals surface area contributed by atoms with Crippen LogP contribution in [0.15, 0.2) is 95.1 Å². The SMILES string of the molecule is O=C(NCc1ccccc1Br)/C(=C/c1ccccc1)NC(=O)c1ccccc1. The van der Waals surface area contributed by atoms with Crippen LogP contribution in [0.2, 0.25) is 0 Å². The van der Waals surface area contributed by atoms with Crippen molar-refractivity contribution in [1.82, 2.24) is 10.6 Å². The van der Waals surface area contributed by atoms with Crippen LogP contribution in [-0.2, 0) is 11.3 Å². The summed E-state index contributed by atoms with van der Waals surface area (Å²) in [6.07, 6.45) is 1.66. The van der Waals surface area contributed by atoms with E-state index < -0.39 is 0 Å². The van der Waals surface area contributed by atoms with Crippen LogP contribution in [0.25, 0.3) is 6.08 Å². The maximum Gasteiger partial charge on any atom is 0.268 e. The summed E-state index contributed by atoms with van der Waals surface area (Å²) in [5.41, 5.74) is 2.44. The average molecular weight is 435 g/mol. The van der Waals surface area contributed by atoms with Crippen molar-refractivity contribution in [1.29, 1.82) is 0 Å². The van der Waals surface area contributed by atoms with E-state index in [0.29, 0.717) is 12.1 Å². The van der Waals surface area contributed by atoms with Gasteiger partial charge < -0.3 is 10.6 Å². The molecule has 2 amide bonds. The van der Waals surface area contributed by atoms with Crippen molar-refractivity contribution >= 4 is 33.8 Å². The summed E-state index contributed by atoms with van der Waals surface area (Å²) in [6.45, 7) is 0.341. The molecule has 0 radical (unpaired) electrons. The summed E-state index contributed by atoms with van der Waals surface area (Å²) in [7, 11) is 0. The Hall–Kier alpha value is -3.18. The number of rotatable bonds is 6. The van der Waals surface area contributed by atoms with Gasteiger partial charge in [-0.3, -0.25) is 9.59 Å². The standard InChI is InChI=1S/C23H19BrN2O2/c24-20-14-8-7-13-19(20)16-25-23(28)21(15-17-9-3-1-4-10-17)26-22(27)18-11-5-2-6-12-18/h1-15H,16H2,(H,25,28)(H,26,27)/b21-15-. The van der Waals surface area contributed by atoms with Crippen LogP contribution in [0.5, 0.6) is 0 Å². The Labute approximate surface area is 172 Å². The Morgan fingerprint density at radius 2 is 1.43 bits per heavy atom. The zero-order valence-corrected chi connectivity index (χ0v) is 16.6. The molecule has 140 valence electrons. The summed E-state index contributed by atoms with van der Waals surface area (Å²) in [5, 5.41) is 5.60. The summed E-state index contributed by atoms with van der Waals surface area (Å²) in [5.74, 6) is -0.692. The third kappa shape index (κ3) is 5.41. The molecule has 0 atom stereocenters. The van der Waals surface area contributed by atoms with E-state index in [4.69, 9.17) is 0 Å². The van der Waals surface area contributed by atoms with Crippen LogP contribution in [0, 0.1) is 0 Å². The van der Waals surface area contributed by atoms with E-state index >= 15 is 0 Å². The highest BCUT2D eigenvalue weighted by atomic mass is 79.9. The first-order valence-corrected chi connectivity index (χ1v) is 9.57. The Balaban J connectivity index is 1.79. The number of carbonyl (C=O) groups is 2. The molecule has 4 nitrogen and oxygen atoms in total. The minimum Gasteiger partial charge on any atom is -0.347 e. The number of nitrogens with one attached hydrogen (secondary N) is 2. The predicted molar refractivity (Wildman–Crippen MR) is 114 cm³/mol. The number of carbonyl (C=O) groups excluding carboxylic acids is 2. The summed E-state index contributed by atoms with van der Waals surface area (Å²) < 4.78 is 0.914. The first kappa shape index (κ1) is 19.6. The van der Waals surface area contributed by atoms with E-state index in [0.717, 1.165) is 15.6 Å². The second kappa shape index (κ2) is 9.67. The van der Waals surface area contributed by atoms with E-state index in [2.05, 4.69) is 26.6 Å². The van der Waals surface area contributed by atoms with Crippen molar-refractivity contribution < 1.29 is 9.59 Å². The first-order chi connectivity index (χ1) is 13.6. The lowest BCUT2D eigenvalue weighted by Crippen LogP contribution is -2.34. The fourth-order valence-corrected chi connectivity index (χ4v) is 3.00.